The summed E-state index contributed by atoms with van der Waals surface area (Å²) in [4.78, 5) is 27.6. The summed E-state index contributed by atoms with van der Waals surface area (Å²) in [6.07, 6.45) is 6.00. The topological polar surface area (TPSA) is 49.4 Å². The predicted molar refractivity (Wildman–Crippen MR) is 147 cm³/mol. The van der Waals surface area contributed by atoms with Gasteiger partial charge in [0.05, 0.1) is 5.75 Å². The molecule has 4 nitrogen and oxygen atoms in total. The highest BCUT2D eigenvalue weighted by Gasteiger charge is 2.34. The highest BCUT2D eigenvalue weighted by Crippen LogP contribution is 2.43. The standard InChI is InChI=1S/C30H34N2O2S/c1-4-5-6-7-9-23-13-15-24(16-14-23)29(34)31-26-11-8-10-25(19-26)30-32(28(33)20-35-30)27-17-12-21(2)18-22(27)3/h8,10-19,30H,4-7,9,20H2,1-3H3,(H,31,34)/t30-/m1/s1. The lowest BCUT2D eigenvalue weighted by Gasteiger charge is -2.26. The molecule has 1 N–H and O–H groups in total. The Bertz CT molecular complexity index is 1190. The van der Waals surface area contributed by atoms with Crippen molar-refractivity contribution in [1.29, 1.82) is 0 Å². The minimum atomic E-state index is -0.124. The zero-order chi connectivity index (χ0) is 24.8. The number of carbonyl (C=O) groups excluding carboxylic acids is 2. The van der Waals surface area contributed by atoms with Gasteiger partial charge in [0.15, 0.2) is 0 Å². The van der Waals surface area contributed by atoms with E-state index in [1.54, 1.807) is 11.8 Å². The zero-order valence-electron chi connectivity index (χ0n) is 20.8. The lowest BCUT2D eigenvalue weighted by atomic mass is 10.0. The third-order valence-electron chi connectivity index (χ3n) is 6.44. The van der Waals surface area contributed by atoms with E-state index in [9.17, 15) is 9.59 Å². The van der Waals surface area contributed by atoms with E-state index in [2.05, 4.69) is 37.4 Å². The summed E-state index contributed by atoms with van der Waals surface area (Å²) in [6.45, 7) is 6.32. The number of hydrogen-bond donors (Lipinski definition) is 1. The Morgan fingerprint density at radius 1 is 1.00 bits per heavy atom. The Hall–Kier alpha value is -3.05. The van der Waals surface area contributed by atoms with E-state index in [-0.39, 0.29) is 17.2 Å². The molecule has 0 aromatic heterocycles. The number of rotatable bonds is 9. The van der Waals surface area contributed by atoms with Crippen molar-refractivity contribution in [2.45, 2.75) is 58.2 Å². The first-order chi connectivity index (χ1) is 17.0. The van der Waals surface area contributed by atoms with E-state index in [1.165, 1.54) is 36.8 Å². The van der Waals surface area contributed by atoms with Gasteiger partial charge in [0.2, 0.25) is 5.91 Å². The lowest BCUT2D eigenvalue weighted by molar-refractivity contribution is -0.115. The number of aryl methyl sites for hydroxylation is 3. The van der Waals surface area contributed by atoms with Crippen molar-refractivity contribution in [1.82, 2.24) is 0 Å². The third-order valence-corrected chi connectivity index (χ3v) is 7.66. The molecule has 1 heterocycles. The van der Waals surface area contributed by atoms with Crippen molar-refractivity contribution in [2.75, 3.05) is 16.0 Å². The normalized spacial score (nSPS) is 15.5. The fourth-order valence-corrected chi connectivity index (χ4v) is 5.72. The van der Waals surface area contributed by atoms with Gasteiger partial charge in [-0.2, -0.15) is 0 Å². The van der Waals surface area contributed by atoms with E-state index in [1.807, 2.05) is 60.4 Å². The average Bonchev–Trinajstić information content (AvgIpc) is 3.23. The molecule has 1 aliphatic heterocycles. The molecule has 35 heavy (non-hydrogen) atoms. The molecule has 0 aliphatic carbocycles. The maximum Gasteiger partial charge on any atom is 0.255 e. The largest absolute Gasteiger partial charge is 0.322 e. The molecule has 3 aromatic rings. The number of nitrogens with one attached hydrogen (secondary N) is 1. The van der Waals surface area contributed by atoms with Crippen LogP contribution < -0.4 is 10.2 Å². The molecule has 4 rings (SSSR count). The van der Waals surface area contributed by atoms with Crippen molar-refractivity contribution in [2.24, 2.45) is 0 Å². The van der Waals surface area contributed by atoms with Gasteiger partial charge >= 0.3 is 0 Å². The SMILES string of the molecule is CCCCCCc1ccc(C(=O)Nc2cccc([C@H]3SCC(=O)N3c3ccc(C)cc3C)c2)cc1. The van der Waals surface area contributed by atoms with Gasteiger partial charge in [0.25, 0.3) is 5.91 Å². The Labute approximate surface area is 213 Å². The molecule has 5 heteroatoms. The van der Waals surface area contributed by atoms with Crippen LogP contribution in [0.15, 0.2) is 66.7 Å². The van der Waals surface area contributed by atoms with Crippen LogP contribution in [0, 0.1) is 13.8 Å². The van der Waals surface area contributed by atoms with E-state index in [4.69, 9.17) is 0 Å². The van der Waals surface area contributed by atoms with Crippen molar-refractivity contribution >= 4 is 35.0 Å². The summed E-state index contributed by atoms with van der Waals surface area (Å²) in [6, 6.07) is 21.9. The molecular formula is C30H34N2O2S. The van der Waals surface area contributed by atoms with Crippen LogP contribution in [0.2, 0.25) is 0 Å². The van der Waals surface area contributed by atoms with Crippen LogP contribution >= 0.6 is 11.8 Å². The van der Waals surface area contributed by atoms with Crippen LogP contribution in [0.4, 0.5) is 11.4 Å². The molecule has 1 saturated heterocycles. The van der Waals surface area contributed by atoms with Gasteiger partial charge in [-0.3, -0.25) is 14.5 Å². The van der Waals surface area contributed by atoms with E-state index in [0.717, 1.165) is 28.9 Å². The average molecular weight is 487 g/mol. The number of amides is 2. The van der Waals surface area contributed by atoms with Crippen LogP contribution in [0.5, 0.6) is 0 Å². The molecule has 3 aromatic carbocycles. The summed E-state index contributed by atoms with van der Waals surface area (Å²) in [5.41, 5.74) is 6.86. The summed E-state index contributed by atoms with van der Waals surface area (Å²) in [5.74, 6) is 0.427. The second-order valence-electron chi connectivity index (χ2n) is 9.30. The van der Waals surface area contributed by atoms with E-state index < -0.39 is 0 Å². The number of carbonyl (C=O) groups is 2. The number of anilines is 2. The van der Waals surface area contributed by atoms with Gasteiger partial charge in [-0.15, -0.1) is 11.8 Å². The molecule has 1 fully saturated rings. The second-order valence-corrected chi connectivity index (χ2v) is 10.4. The fraction of sp³-hybridized carbons (Fsp3) is 0.333. The molecular weight excluding hydrogens is 452 g/mol. The predicted octanol–water partition coefficient (Wildman–Crippen LogP) is 7.46. The number of thioether (sulfide) groups is 1. The number of nitrogens with zero attached hydrogens (tertiary/aromatic N) is 1. The summed E-state index contributed by atoms with van der Waals surface area (Å²) >= 11 is 1.62. The summed E-state index contributed by atoms with van der Waals surface area (Å²) in [7, 11) is 0. The first-order valence-corrected chi connectivity index (χ1v) is 13.5. The van der Waals surface area contributed by atoms with Gasteiger partial charge < -0.3 is 5.32 Å². The van der Waals surface area contributed by atoms with Crippen LogP contribution in [0.1, 0.15) is 70.6 Å². The fourth-order valence-electron chi connectivity index (χ4n) is 4.56. The smallest absolute Gasteiger partial charge is 0.255 e. The van der Waals surface area contributed by atoms with E-state index in [0.29, 0.717) is 11.3 Å². The second kappa shape index (κ2) is 11.6. The van der Waals surface area contributed by atoms with Gasteiger partial charge in [0, 0.05) is 16.9 Å². The molecule has 0 saturated carbocycles. The first-order valence-electron chi connectivity index (χ1n) is 12.5. The Balaban J connectivity index is 1.46. The molecule has 2 amide bonds. The molecule has 0 unspecified atom stereocenters. The molecule has 0 radical (unpaired) electrons. The highest BCUT2D eigenvalue weighted by atomic mass is 32.2. The first kappa shape index (κ1) is 25.1. The summed E-state index contributed by atoms with van der Waals surface area (Å²) in [5, 5.41) is 2.92. The van der Waals surface area contributed by atoms with Gasteiger partial charge in [0.1, 0.15) is 5.37 Å². The number of hydrogen-bond acceptors (Lipinski definition) is 3. The van der Waals surface area contributed by atoms with Crippen molar-refractivity contribution in [3.63, 3.8) is 0 Å². The molecule has 0 bridgehead atoms. The maximum atomic E-state index is 12.9. The minimum Gasteiger partial charge on any atom is -0.322 e. The minimum absolute atomic E-state index is 0.108. The summed E-state index contributed by atoms with van der Waals surface area (Å²) < 4.78 is 0. The van der Waals surface area contributed by atoms with Gasteiger partial charge in [-0.25, -0.2) is 0 Å². The van der Waals surface area contributed by atoms with Gasteiger partial charge in [-0.1, -0.05) is 68.1 Å². The quantitative estimate of drug-likeness (QED) is 0.319. The third kappa shape index (κ3) is 6.15. The Morgan fingerprint density at radius 3 is 2.54 bits per heavy atom. The van der Waals surface area contributed by atoms with Crippen molar-refractivity contribution in [3.05, 3.63) is 94.5 Å². The maximum absolute atomic E-state index is 12.9. The Morgan fingerprint density at radius 2 is 1.80 bits per heavy atom. The van der Waals surface area contributed by atoms with Crippen LogP contribution in [0.25, 0.3) is 0 Å². The van der Waals surface area contributed by atoms with E-state index >= 15 is 0 Å². The molecule has 1 aliphatic rings. The van der Waals surface area contributed by atoms with Crippen molar-refractivity contribution in [3.8, 4) is 0 Å². The van der Waals surface area contributed by atoms with Crippen LogP contribution in [0.3, 0.4) is 0 Å². The number of benzene rings is 3. The zero-order valence-corrected chi connectivity index (χ0v) is 21.7. The lowest BCUT2D eigenvalue weighted by Crippen LogP contribution is -2.28. The molecule has 1 atom stereocenters. The Kier molecular flexibility index (Phi) is 8.29. The molecule has 0 spiro atoms. The van der Waals surface area contributed by atoms with Crippen molar-refractivity contribution < 1.29 is 9.59 Å². The van der Waals surface area contributed by atoms with Gasteiger partial charge in [-0.05, 0) is 73.7 Å². The van der Waals surface area contributed by atoms with Crippen LogP contribution in [-0.4, -0.2) is 17.6 Å². The monoisotopic (exact) mass is 486 g/mol. The molecule has 182 valence electrons. The number of unbranched alkanes of at least 4 members (excludes halogenated alkanes) is 3. The highest BCUT2D eigenvalue weighted by molar-refractivity contribution is 8.00. The van der Waals surface area contributed by atoms with Crippen LogP contribution in [-0.2, 0) is 11.2 Å².